The predicted molar refractivity (Wildman–Crippen MR) is 67.7 cm³/mol. The molecule has 0 saturated carbocycles. The number of hydrogen-bond donors (Lipinski definition) is 1. The first-order valence-corrected chi connectivity index (χ1v) is 5.75. The number of para-hydroxylation sites is 2. The number of nitrogen functional groups attached to an aromatic ring is 1. The van der Waals surface area contributed by atoms with Gasteiger partial charge in [0.25, 0.3) is 0 Å². The summed E-state index contributed by atoms with van der Waals surface area (Å²) in [6.07, 6.45) is 0.239. The first kappa shape index (κ1) is 11.3. The van der Waals surface area contributed by atoms with Gasteiger partial charge >= 0.3 is 0 Å². The lowest BCUT2D eigenvalue weighted by Gasteiger charge is -2.43. The highest BCUT2D eigenvalue weighted by Gasteiger charge is 2.31. The fraction of sp³-hybridized carbons (Fsp3) is 0.538. The SMILES string of the molecule is CC1CN(c2ccccc2N)CC(C)(C)O1. The molecule has 1 heterocycles. The topological polar surface area (TPSA) is 38.5 Å². The molecule has 3 nitrogen and oxygen atoms in total. The lowest BCUT2D eigenvalue weighted by atomic mass is 10.0. The molecule has 88 valence electrons. The molecule has 1 aromatic rings. The van der Waals surface area contributed by atoms with Crippen LogP contribution in [-0.4, -0.2) is 24.8 Å². The van der Waals surface area contributed by atoms with Gasteiger partial charge in [0.05, 0.1) is 23.1 Å². The summed E-state index contributed by atoms with van der Waals surface area (Å²) in [6.45, 7) is 8.12. The van der Waals surface area contributed by atoms with Crippen LogP contribution in [0.3, 0.4) is 0 Å². The van der Waals surface area contributed by atoms with E-state index in [-0.39, 0.29) is 11.7 Å². The third kappa shape index (κ3) is 2.30. The second-order valence-electron chi connectivity index (χ2n) is 5.13. The van der Waals surface area contributed by atoms with Crippen molar-refractivity contribution in [2.45, 2.75) is 32.5 Å². The van der Waals surface area contributed by atoms with Crippen molar-refractivity contribution in [3.05, 3.63) is 24.3 Å². The summed E-state index contributed by atoms with van der Waals surface area (Å²) >= 11 is 0. The van der Waals surface area contributed by atoms with Gasteiger partial charge in [-0.1, -0.05) is 12.1 Å². The minimum absolute atomic E-state index is 0.111. The number of nitrogens with two attached hydrogens (primary N) is 1. The normalized spacial score (nSPS) is 24.4. The fourth-order valence-electron chi connectivity index (χ4n) is 2.41. The average Bonchev–Trinajstić information content (AvgIpc) is 2.15. The van der Waals surface area contributed by atoms with Gasteiger partial charge in [0, 0.05) is 13.1 Å². The average molecular weight is 220 g/mol. The number of benzene rings is 1. The first-order chi connectivity index (χ1) is 7.48. The van der Waals surface area contributed by atoms with Crippen LogP contribution in [0.25, 0.3) is 0 Å². The molecule has 1 aromatic carbocycles. The van der Waals surface area contributed by atoms with E-state index in [4.69, 9.17) is 10.5 Å². The Morgan fingerprint density at radius 2 is 2.06 bits per heavy atom. The molecule has 0 radical (unpaired) electrons. The lowest BCUT2D eigenvalue weighted by molar-refractivity contribution is -0.0749. The Bertz CT molecular complexity index is 376. The highest BCUT2D eigenvalue weighted by Crippen LogP contribution is 2.29. The van der Waals surface area contributed by atoms with E-state index in [9.17, 15) is 0 Å². The summed E-state index contributed by atoms with van der Waals surface area (Å²) in [5, 5.41) is 0. The van der Waals surface area contributed by atoms with Gasteiger partial charge in [0.2, 0.25) is 0 Å². The Morgan fingerprint density at radius 1 is 1.38 bits per heavy atom. The van der Waals surface area contributed by atoms with E-state index in [1.54, 1.807) is 0 Å². The molecule has 1 aliphatic rings. The van der Waals surface area contributed by atoms with Gasteiger partial charge in [-0.3, -0.25) is 0 Å². The number of ether oxygens (including phenoxy) is 1. The Balaban J connectivity index is 2.25. The highest BCUT2D eigenvalue weighted by molar-refractivity contribution is 5.67. The van der Waals surface area contributed by atoms with Crippen LogP contribution in [-0.2, 0) is 4.74 Å². The van der Waals surface area contributed by atoms with E-state index in [1.807, 2.05) is 18.2 Å². The van der Waals surface area contributed by atoms with E-state index >= 15 is 0 Å². The van der Waals surface area contributed by atoms with Crippen molar-refractivity contribution in [3.63, 3.8) is 0 Å². The van der Waals surface area contributed by atoms with Crippen LogP contribution < -0.4 is 10.6 Å². The molecule has 1 saturated heterocycles. The molecule has 0 bridgehead atoms. The molecular formula is C13H20N2O. The van der Waals surface area contributed by atoms with Gasteiger partial charge in [-0.05, 0) is 32.9 Å². The molecule has 0 aromatic heterocycles. The minimum atomic E-state index is -0.111. The van der Waals surface area contributed by atoms with Crippen LogP contribution in [0, 0.1) is 0 Å². The summed E-state index contributed by atoms with van der Waals surface area (Å²) in [5.41, 5.74) is 7.85. The Hall–Kier alpha value is -1.22. The smallest absolute Gasteiger partial charge is 0.0805 e. The quantitative estimate of drug-likeness (QED) is 0.738. The van der Waals surface area contributed by atoms with Crippen molar-refractivity contribution in [2.75, 3.05) is 23.7 Å². The summed E-state index contributed by atoms with van der Waals surface area (Å²) < 4.78 is 5.88. The van der Waals surface area contributed by atoms with Crippen LogP contribution in [0.2, 0.25) is 0 Å². The second-order valence-corrected chi connectivity index (χ2v) is 5.13. The van der Waals surface area contributed by atoms with Gasteiger partial charge in [0.15, 0.2) is 0 Å². The molecule has 0 spiro atoms. The summed E-state index contributed by atoms with van der Waals surface area (Å²) in [6, 6.07) is 8.01. The van der Waals surface area contributed by atoms with E-state index in [0.717, 1.165) is 24.5 Å². The van der Waals surface area contributed by atoms with Crippen molar-refractivity contribution < 1.29 is 4.74 Å². The standard InChI is InChI=1S/C13H20N2O/c1-10-8-15(9-13(2,3)16-10)12-7-5-4-6-11(12)14/h4-7,10H,8-9,14H2,1-3H3. The summed E-state index contributed by atoms with van der Waals surface area (Å²) in [5.74, 6) is 0. The van der Waals surface area contributed by atoms with E-state index in [2.05, 4.69) is 31.7 Å². The molecule has 1 fully saturated rings. The van der Waals surface area contributed by atoms with Crippen LogP contribution in [0.4, 0.5) is 11.4 Å². The zero-order valence-corrected chi connectivity index (χ0v) is 10.2. The lowest BCUT2D eigenvalue weighted by Crippen LogP contribution is -2.52. The van der Waals surface area contributed by atoms with Gasteiger partial charge in [-0.15, -0.1) is 0 Å². The van der Waals surface area contributed by atoms with Crippen molar-refractivity contribution in [1.29, 1.82) is 0 Å². The van der Waals surface area contributed by atoms with Crippen molar-refractivity contribution in [1.82, 2.24) is 0 Å². The molecule has 1 aliphatic heterocycles. The third-order valence-electron chi connectivity index (χ3n) is 2.85. The van der Waals surface area contributed by atoms with Crippen molar-refractivity contribution in [3.8, 4) is 0 Å². The number of anilines is 2. The monoisotopic (exact) mass is 220 g/mol. The molecule has 2 N–H and O–H groups in total. The Kier molecular flexibility index (Phi) is 2.80. The van der Waals surface area contributed by atoms with Gasteiger partial charge in [0.1, 0.15) is 0 Å². The largest absolute Gasteiger partial charge is 0.397 e. The molecule has 1 atom stereocenters. The molecule has 1 unspecified atom stereocenters. The van der Waals surface area contributed by atoms with Crippen molar-refractivity contribution in [2.24, 2.45) is 0 Å². The third-order valence-corrected chi connectivity index (χ3v) is 2.85. The van der Waals surface area contributed by atoms with Crippen molar-refractivity contribution >= 4 is 11.4 Å². The van der Waals surface area contributed by atoms with Gasteiger partial charge in [-0.2, -0.15) is 0 Å². The van der Waals surface area contributed by atoms with Gasteiger partial charge in [-0.25, -0.2) is 0 Å². The van der Waals surface area contributed by atoms with Crippen LogP contribution in [0.1, 0.15) is 20.8 Å². The van der Waals surface area contributed by atoms with Crippen LogP contribution in [0.15, 0.2) is 24.3 Å². The zero-order chi connectivity index (χ0) is 11.8. The maximum Gasteiger partial charge on any atom is 0.0805 e. The van der Waals surface area contributed by atoms with Crippen LogP contribution in [0.5, 0.6) is 0 Å². The molecule has 3 heteroatoms. The number of hydrogen-bond acceptors (Lipinski definition) is 3. The fourth-order valence-corrected chi connectivity index (χ4v) is 2.41. The molecular weight excluding hydrogens is 200 g/mol. The molecule has 0 amide bonds. The van der Waals surface area contributed by atoms with E-state index in [0.29, 0.717) is 0 Å². The maximum atomic E-state index is 6.00. The molecule has 2 rings (SSSR count). The van der Waals surface area contributed by atoms with Gasteiger partial charge < -0.3 is 15.4 Å². The molecule has 0 aliphatic carbocycles. The second kappa shape index (κ2) is 3.98. The van der Waals surface area contributed by atoms with E-state index < -0.39 is 0 Å². The number of morpholine rings is 1. The predicted octanol–water partition coefficient (Wildman–Crippen LogP) is 2.27. The highest BCUT2D eigenvalue weighted by atomic mass is 16.5. The Labute approximate surface area is 97.2 Å². The molecule has 16 heavy (non-hydrogen) atoms. The maximum absolute atomic E-state index is 6.00. The number of rotatable bonds is 1. The van der Waals surface area contributed by atoms with Crippen LogP contribution >= 0.6 is 0 Å². The minimum Gasteiger partial charge on any atom is -0.397 e. The number of nitrogens with zero attached hydrogens (tertiary/aromatic N) is 1. The van der Waals surface area contributed by atoms with E-state index in [1.165, 1.54) is 0 Å². The Morgan fingerprint density at radius 3 is 2.69 bits per heavy atom. The summed E-state index contributed by atoms with van der Waals surface area (Å²) in [4.78, 5) is 2.31. The zero-order valence-electron chi connectivity index (χ0n) is 10.2. The summed E-state index contributed by atoms with van der Waals surface area (Å²) in [7, 11) is 0. The first-order valence-electron chi connectivity index (χ1n) is 5.75.